The van der Waals surface area contributed by atoms with E-state index in [4.69, 9.17) is 20.6 Å². The lowest BCUT2D eigenvalue weighted by molar-refractivity contribution is 0.723. The maximum absolute atomic E-state index is 8.61. The Balaban J connectivity index is 2.37. The molecule has 0 bridgehead atoms. The highest BCUT2D eigenvalue weighted by Crippen LogP contribution is 2.35. The number of benzene rings is 2. The van der Waals surface area contributed by atoms with Gasteiger partial charge in [0, 0.05) is 27.5 Å². The number of rotatable bonds is 4. The van der Waals surface area contributed by atoms with Gasteiger partial charge in [-0.25, -0.2) is 0 Å². The second-order valence-electron chi connectivity index (χ2n) is 4.06. The van der Waals surface area contributed by atoms with Crippen LogP contribution in [0.15, 0.2) is 48.3 Å². The highest BCUT2D eigenvalue weighted by Gasteiger charge is 2.19. The van der Waals surface area contributed by atoms with Gasteiger partial charge in [-0.3, -0.25) is 0 Å². The average Bonchev–Trinajstić information content (AvgIpc) is 2.83. The van der Waals surface area contributed by atoms with Crippen LogP contribution >= 0.6 is 0 Å². The monoisotopic (exact) mass is 296 g/mol. The molecule has 0 amide bonds. The normalized spacial score (nSPS) is 33.0. The highest BCUT2D eigenvalue weighted by atomic mass is 15.1. The second kappa shape index (κ2) is 6.10. The van der Waals surface area contributed by atoms with Crippen molar-refractivity contribution >= 4 is 11.4 Å². The molecule has 2 atom stereocenters. The molecule has 3 rings (SSSR count). The fourth-order valence-corrected chi connectivity index (χ4v) is 2.03. The SMILES string of the molecule is [3H]c1c([3H])c([3H])c2c(c1[3H])C([3H])C([3H])c1c([3H])c([3H])c([3H])c([3H])c1N2CCC([3H])([3H])NC([3H])([3H])[3H]. The van der Waals surface area contributed by atoms with Crippen molar-refractivity contribution in [1.82, 2.24) is 5.32 Å². The first kappa shape index (κ1) is 4.35. The molecule has 20 heavy (non-hydrogen) atoms. The number of anilines is 2. The first-order valence-electron chi connectivity index (χ1n) is 13.7. The van der Waals surface area contributed by atoms with E-state index >= 15 is 0 Å². The summed E-state index contributed by atoms with van der Waals surface area (Å²) in [7, 11) is 0. The molecule has 0 aromatic heterocycles. The number of fused-ring (bicyclic) bond motifs is 2. The maximum atomic E-state index is 8.61. The van der Waals surface area contributed by atoms with E-state index in [1.54, 1.807) is 0 Å². The van der Waals surface area contributed by atoms with Crippen LogP contribution in [0.25, 0.3) is 0 Å². The molecule has 1 heterocycles. The zero-order valence-electron chi connectivity index (χ0n) is 25.5. The fraction of sp³-hybridized carbons (Fsp3) is 0.333. The van der Waals surface area contributed by atoms with Gasteiger partial charge in [-0.2, -0.15) is 0 Å². The lowest BCUT2D eigenvalue weighted by Gasteiger charge is -2.27. The van der Waals surface area contributed by atoms with Gasteiger partial charge in [-0.05, 0) is 55.9 Å². The van der Waals surface area contributed by atoms with Crippen molar-refractivity contribution in [2.45, 2.75) is 19.2 Å². The Hall–Kier alpha value is -1.80. The standard InChI is InChI=1S/C18H22N2/c1-19-13-6-14-20-17-9-4-2-7-15(17)11-12-16-8-3-5-10-18(16)20/h2-5,7-10,19H,6,11-14H2,1H3/i1T3,2T,3T,4T,5T,7T,8T,9T,10T,11T,12T,13T2. The van der Waals surface area contributed by atoms with Crippen LogP contribution in [-0.4, -0.2) is 20.0 Å². The molecule has 2 unspecified atom stereocenters. The number of nitrogens with one attached hydrogen (secondary N) is 1. The Bertz CT molecular complexity index is 1100. The lowest BCUT2D eigenvalue weighted by Crippen LogP contribution is -2.22. The fourth-order valence-electron chi connectivity index (χ4n) is 2.03. The Morgan fingerprint density at radius 3 is 2.35 bits per heavy atom. The van der Waals surface area contributed by atoms with Crippen molar-refractivity contribution in [2.24, 2.45) is 0 Å². The van der Waals surface area contributed by atoms with E-state index in [1.807, 2.05) is 5.32 Å². The number of nitrogens with zero attached hydrogens (tertiary/aromatic N) is 1. The number of para-hydroxylation sites is 2. The van der Waals surface area contributed by atoms with Crippen molar-refractivity contribution in [2.75, 3.05) is 24.9 Å². The largest absolute Gasteiger partial charge is 0.341 e. The molecule has 1 N–H and O–H groups in total. The molecule has 1 aliphatic rings. The van der Waals surface area contributed by atoms with Crippen molar-refractivity contribution in [3.05, 3.63) is 59.5 Å². The Morgan fingerprint density at radius 2 is 1.75 bits per heavy atom. The van der Waals surface area contributed by atoms with Crippen LogP contribution in [0.5, 0.6) is 0 Å². The summed E-state index contributed by atoms with van der Waals surface area (Å²) in [5.74, 6) is 0. The highest BCUT2D eigenvalue weighted by molar-refractivity contribution is 5.71. The molecule has 104 valence electrons. The summed E-state index contributed by atoms with van der Waals surface area (Å²) in [5.41, 5.74) is -1.26. The molecule has 2 aromatic rings. The minimum absolute atomic E-state index is 0.312. The molecule has 2 aromatic carbocycles. The van der Waals surface area contributed by atoms with Crippen molar-refractivity contribution in [3.8, 4) is 0 Å². The minimum Gasteiger partial charge on any atom is -0.341 e. The molecule has 0 saturated heterocycles. The van der Waals surface area contributed by atoms with Gasteiger partial charge in [0.25, 0.3) is 0 Å². The van der Waals surface area contributed by atoms with Crippen LogP contribution in [0.4, 0.5) is 11.4 Å². The first-order chi connectivity index (χ1) is 15.9. The summed E-state index contributed by atoms with van der Waals surface area (Å²) < 4.78 is 121. The van der Waals surface area contributed by atoms with Gasteiger partial charge < -0.3 is 10.2 Å². The third-order valence-corrected chi connectivity index (χ3v) is 2.90. The van der Waals surface area contributed by atoms with Gasteiger partial charge in [0.05, 0.1) is 11.0 Å². The van der Waals surface area contributed by atoms with Crippen molar-refractivity contribution < 1.29 is 20.6 Å². The number of hydrogen-bond acceptors (Lipinski definition) is 2. The summed E-state index contributed by atoms with van der Waals surface area (Å²) in [4.78, 5) is 1.05. The zero-order valence-corrected chi connectivity index (χ0v) is 10.5. The average molecular weight is 297 g/mol. The summed E-state index contributed by atoms with van der Waals surface area (Å²) in [6.07, 6.45) is -3.90. The van der Waals surface area contributed by atoms with Crippen LogP contribution < -0.4 is 10.2 Å². The summed E-state index contributed by atoms with van der Waals surface area (Å²) in [5, 5.41) is 1.84. The Morgan fingerprint density at radius 1 is 1.15 bits per heavy atom. The molecule has 0 aliphatic carbocycles. The smallest absolute Gasteiger partial charge is 0.0645 e. The zero-order chi connectivity index (χ0) is 26.8. The summed E-state index contributed by atoms with van der Waals surface area (Å²) in [6.45, 7) is -5.84. The Labute approximate surface area is 142 Å². The molecule has 0 spiro atoms. The molecule has 2 nitrogen and oxygen atoms in total. The molecule has 2 heteroatoms. The van der Waals surface area contributed by atoms with E-state index in [2.05, 4.69) is 0 Å². The summed E-state index contributed by atoms with van der Waals surface area (Å²) in [6, 6.07) is -5.18. The van der Waals surface area contributed by atoms with Gasteiger partial charge in [0.1, 0.15) is 0 Å². The van der Waals surface area contributed by atoms with E-state index in [0.717, 1.165) is 4.90 Å². The summed E-state index contributed by atoms with van der Waals surface area (Å²) >= 11 is 0. The predicted octanol–water partition coefficient (Wildman–Crippen LogP) is 3.53. The van der Waals surface area contributed by atoms with Crippen molar-refractivity contribution in [3.63, 3.8) is 0 Å². The van der Waals surface area contributed by atoms with Gasteiger partial charge in [-0.1, -0.05) is 36.3 Å². The third kappa shape index (κ3) is 2.56. The topological polar surface area (TPSA) is 15.3 Å². The lowest BCUT2D eigenvalue weighted by atomic mass is 10.0. The van der Waals surface area contributed by atoms with Crippen molar-refractivity contribution in [1.29, 1.82) is 0 Å². The van der Waals surface area contributed by atoms with Gasteiger partial charge in [-0.15, -0.1) is 0 Å². The van der Waals surface area contributed by atoms with Gasteiger partial charge in [0.15, 0.2) is 0 Å². The minimum atomic E-state index is -2.84. The van der Waals surface area contributed by atoms with E-state index in [9.17, 15) is 0 Å². The Kier molecular flexibility index (Phi) is 1.33. The quantitative estimate of drug-likeness (QED) is 0.928. The maximum Gasteiger partial charge on any atom is 0.0645 e. The molecule has 1 aliphatic heterocycles. The van der Waals surface area contributed by atoms with E-state index < -0.39 is 87.6 Å². The number of hydrogen-bond donors (Lipinski definition) is 1. The van der Waals surface area contributed by atoms with E-state index in [-0.39, 0.29) is 22.5 Å². The van der Waals surface area contributed by atoms with Crippen LogP contribution in [0.2, 0.25) is 0 Å². The van der Waals surface area contributed by atoms with E-state index in [1.165, 1.54) is 0 Å². The second-order valence-corrected chi connectivity index (χ2v) is 4.06. The van der Waals surface area contributed by atoms with Crippen LogP contribution in [0.3, 0.4) is 0 Å². The van der Waals surface area contributed by atoms with Gasteiger partial charge in [0.2, 0.25) is 0 Å². The third-order valence-electron chi connectivity index (χ3n) is 2.90. The van der Waals surface area contributed by atoms with E-state index in [0.29, 0.717) is 0 Å². The molecular formula is C18H22N2. The first-order valence-corrected chi connectivity index (χ1v) is 6.03. The predicted molar refractivity (Wildman–Crippen MR) is 85.8 cm³/mol. The van der Waals surface area contributed by atoms with Crippen LogP contribution in [-0.2, 0) is 12.8 Å². The van der Waals surface area contributed by atoms with Crippen LogP contribution in [0, 0.1) is 0 Å². The molecular weight excluding hydrogens is 244 g/mol. The van der Waals surface area contributed by atoms with Crippen LogP contribution in [0.1, 0.15) is 38.1 Å². The molecule has 0 saturated carbocycles. The van der Waals surface area contributed by atoms with Gasteiger partial charge >= 0.3 is 0 Å². The molecule has 0 fully saturated rings. The molecule has 0 radical (unpaired) electrons.